The van der Waals surface area contributed by atoms with Gasteiger partial charge in [-0.3, -0.25) is 0 Å². The van der Waals surface area contributed by atoms with E-state index in [1.165, 1.54) is 37.9 Å². The maximum atomic E-state index is 6.08. The van der Waals surface area contributed by atoms with Gasteiger partial charge in [-0.25, -0.2) is 0 Å². The summed E-state index contributed by atoms with van der Waals surface area (Å²) in [6.45, 7) is 0. The van der Waals surface area contributed by atoms with Gasteiger partial charge in [-0.1, -0.05) is 6.42 Å². The maximum absolute atomic E-state index is 6.08. The van der Waals surface area contributed by atoms with Crippen LogP contribution in [0.25, 0.3) is 0 Å². The molecule has 1 aliphatic heterocycles. The van der Waals surface area contributed by atoms with Crippen molar-refractivity contribution in [2.24, 2.45) is 11.7 Å². The Labute approximate surface area is 85.3 Å². The highest BCUT2D eigenvalue weighted by Gasteiger charge is 2.32. The molecule has 1 saturated carbocycles. The zero-order valence-electron chi connectivity index (χ0n) is 7.37. The summed E-state index contributed by atoms with van der Waals surface area (Å²) in [4.78, 5) is 0. The first-order valence-electron chi connectivity index (χ1n) is 4.75. The molecule has 3 atom stereocenters. The van der Waals surface area contributed by atoms with E-state index in [-0.39, 0.29) is 12.4 Å². The fourth-order valence-electron chi connectivity index (χ4n) is 2.42. The molecule has 1 aliphatic carbocycles. The lowest BCUT2D eigenvalue weighted by Crippen LogP contribution is -2.42. The van der Waals surface area contributed by atoms with Gasteiger partial charge in [0.1, 0.15) is 0 Å². The van der Waals surface area contributed by atoms with Crippen molar-refractivity contribution < 1.29 is 0 Å². The van der Waals surface area contributed by atoms with Gasteiger partial charge in [0.15, 0.2) is 0 Å². The average molecular weight is 208 g/mol. The van der Waals surface area contributed by atoms with Crippen LogP contribution >= 0.6 is 24.2 Å². The van der Waals surface area contributed by atoms with Gasteiger partial charge in [-0.15, -0.1) is 12.4 Å². The van der Waals surface area contributed by atoms with E-state index in [9.17, 15) is 0 Å². The molecule has 1 saturated heterocycles. The lowest BCUT2D eigenvalue weighted by Gasteiger charge is -2.39. The van der Waals surface area contributed by atoms with Crippen LogP contribution in [0.4, 0.5) is 0 Å². The molecule has 0 bridgehead atoms. The monoisotopic (exact) mass is 207 g/mol. The van der Waals surface area contributed by atoms with Crippen LogP contribution < -0.4 is 5.73 Å². The second-order valence-corrected chi connectivity index (χ2v) is 5.16. The minimum atomic E-state index is 0. The Morgan fingerprint density at radius 2 is 1.92 bits per heavy atom. The van der Waals surface area contributed by atoms with Crippen LogP contribution in [0.2, 0.25) is 0 Å². The first-order valence-corrected chi connectivity index (χ1v) is 5.80. The van der Waals surface area contributed by atoms with Gasteiger partial charge in [0.05, 0.1) is 0 Å². The van der Waals surface area contributed by atoms with Crippen molar-refractivity contribution in [1.29, 1.82) is 0 Å². The van der Waals surface area contributed by atoms with E-state index in [0.29, 0.717) is 6.04 Å². The topological polar surface area (TPSA) is 26.0 Å². The fraction of sp³-hybridized carbons (Fsp3) is 1.00. The van der Waals surface area contributed by atoms with Crippen LogP contribution in [0, 0.1) is 5.92 Å². The molecule has 2 aliphatic rings. The quantitative estimate of drug-likeness (QED) is 0.661. The van der Waals surface area contributed by atoms with Gasteiger partial charge < -0.3 is 5.73 Å². The van der Waals surface area contributed by atoms with Gasteiger partial charge in [0.25, 0.3) is 0 Å². The Morgan fingerprint density at radius 3 is 2.67 bits per heavy atom. The van der Waals surface area contributed by atoms with Crippen molar-refractivity contribution in [3.63, 3.8) is 0 Å². The maximum Gasteiger partial charge on any atom is 0.00900 e. The number of fused-ring (bicyclic) bond motifs is 1. The van der Waals surface area contributed by atoms with Gasteiger partial charge in [-0.2, -0.15) is 11.8 Å². The van der Waals surface area contributed by atoms with E-state index in [0.717, 1.165) is 11.2 Å². The Morgan fingerprint density at radius 1 is 1.08 bits per heavy atom. The first-order chi connectivity index (χ1) is 5.38. The minimum absolute atomic E-state index is 0. The number of rotatable bonds is 0. The predicted molar refractivity (Wildman–Crippen MR) is 58.0 cm³/mol. The lowest BCUT2D eigenvalue weighted by molar-refractivity contribution is 0.293. The van der Waals surface area contributed by atoms with Gasteiger partial charge in [-0.05, 0) is 37.4 Å². The molecule has 1 heterocycles. The molecule has 3 unspecified atom stereocenters. The van der Waals surface area contributed by atoms with E-state index in [1.807, 2.05) is 0 Å². The van der Waals surface area contributed by atoms with E-state index >= 15 is 0 Å². The molecule has 0 aromatic carbocycles. The van der Waals surface area contributed by atoms with Crippen LogP contribution in [-0.4, -0.2) is 17.0 Å². The first kappa shape index (κ1) is 10.7. The number of hydrogen-bond acceptors (Lipinski definition) is 2. The highest BCUT2D eigenvalue weighted by molar-refractivity contribution is 7.99. The Kier molecular flexibility index (Phi) is 4.21. The highest BCUT2D eigenvalue weighted by atomic mass is 35.5. The summed E-state index contributed by atoms with van der Waals surface area (Å²) < 4.78 is 0. The molecule has 2 fully saturated rings. The largest absolute Gasteiger partial charge is 0.327 e. The number of thioether (sulfide) groups is 1. The molecule has 0 amide bonds. The van der Waals surface area contributed by atoms with Crippen LogP contribution in [-0.2, 0) is 0 Å². The van der Waals surface area contributed by atoms with Crippen molar-refractivity contribution in [3.05, 3.63) is 0 Å². The molecule has 0 aromatic heterocycles. The Balaban J connectivity index is 0.000000720. The van der Waals surface area contributed by atoms with Crippen LogP contribution in [0.15, 0.2) is 0 Å². The molecule has 0 aromatic rings. The normalized spacial score (nSPS) is 41.2. The summed E-state index contributed by atoms with van der Waals surface area (Å²) in [5, 5.41) is 0.924. The average Bonchev–Trinajstić information content (AvgIpc) is 2.06. The summed E-state index contributed by atoms with van der Waals surface area (Å²) in [6, 6.07) is 0.529. The lowest BCUT2D eigenvalue weighted by atomic mass is 9.81. The van der Waals surface area contributed by atoms with E-state index < -0.39 is 0 Å². The SMILES string of the molecule is Cl.NC1CCCC2SCCCC12. The molecule has 0 spiro atoms. The number of halogens is 1. The van der Waals surface area contributed by atoms with E-state index in [1.54, 1.807) is 0 Å². The zero-order chi connectivity index (χ0) is 7.68. The molecule has 2 N–H and O–H groups in total. The van der Waals surface area contributed by atoms with Gasteiger partial charge in [0.2, 0.25) is 0 Å². The summed E-state index contributed by atoms with van der Waals surface area (Å²) in [5.41, 5.74) is 6.08. The molecule has 3 heteroatoms. The van der Waals surface area contributed by atoms with Crippen molar-refractivity contribution >= 4 is 24.2 Å². The van der Waals surface area contributed by atoms with Crippen molar-refractivity contribution in [1.82, 2.24) is 0 Å². The second kappa shape index (κ2) is 4.73. The molecular formula is C9H18ClNS. The van der Waals surface area contributed by atoms with Crippen molar-refractivity contribution in [2.45, 2.75) is 43.4 Å². The van der Waals surface area contributed by atoms with E-state index in [4.69, 9.17) is 5.73 Å². The third-order valence-corrected chi connectivity index (χ3v) is 4.61. The number of nitrogens with two attached hydrogens (primary N) is 1. The van der Waals surface area contributed by atoms with Crippen molar-refractivity contribution in [2.75, 3.05) is 5.75 Å². The Hall–Kier alpha value is 0.600. The highest BCUT2D eigenvalue weighted by Crippen LogP contribution is 2.39. The fourth-order valence-corrected chi connectivity index (χ4v) is 3.97. The van der Waals surface area contributed by atoms with Crippen LogP contribution in [0.3, 0.4) is 0 Å². The summed E-state index contributed by atoms with van der Waals surface area (Å²) in [5.74, 6) is 2.25. The standard InChI is InChI=1S/C9H17NS.ClH/c10-8-4-1-5-9-7(8)3-2-6-11-9;/h7-9H,1-6,10H2;1H. The van der Waals surface area contributed by atoms with Crippen LogP contribution in [0.5, 0.6) is 0 Å². The Bertz CT molecular complexity index is 140. The number of hydrogen-bond donors (Lipinski definition) is 1. The molecule has 72 valence electrons. The molecule has 2 rings (SSSR count). The predicted octanol–water partition coefficient (Wildman–Crippen LogP) is 2.43. The molecule has 12 heavy (non-hydrogen) atoms. The second-order valence-electron chi connectivity index (χ2n) is 3.81. The summed E-state index contributed by atoms with van der Waals surface area (Å²) >= 11 is 2.17. The zero-order valence-corrected chi connectivity index (χ0v) is 9.00. The molecular weight excluding hydrogens is 190 g/mol. The molecule has 0 radical (unpaired) electrons. The van der Waals surface area contributed by atoms with Crippen LogP contribution in [0.1, 0.15) is 32.1 Å². The van der Waals surface area contributed by atoms with Gasteiger partial charge in [0, 0.05) is 11.3 Å². The smallest absolute Gasteiger partial charge is 0.00900 e. The van der Waals surface area contributed by atoms with E-state index in [2.05, 4.69) is 11.8 Å². The van der Waals surface area contributed by atoms with Crippen molar-refractivity contribution in [3.8, 4) is 0 Å². The summed E-state index contributed by atoms with van der Waals surface area (Å²) in [6.07, 6.45) is 6.89. The third kappa shape index (κ3) is 2.09. The van der Waals surface area contributed by atoms with Gasteiger partial charge >= 0.3 is 0 Å². The minimum Gasteiger partial charge on any atom is -0.327 e. The molecule has 1 nitrogen and oxygen atoms in total. The third-order valence-electron chi connectivity index (χ3n) is 3.07. The summed E-state index contributed by atoms with van der Waals surface area (Å²) in [7, 11) is 0.